The van der Waals surface area contributed by atoms with Crippen LogP contribution < -0.4 is 5.73 Å². The Bertz CT molecular complexity index is 244. The van der Waals surface area contributed by atoms with Crippen molar-refractivity contribution in [3.05, 3.63) is 17.0 Å². The zero-order valence-corrected chi connectivity index (χ0v) is 6.27. The van der Waals surface area contributed by atoms with Crippen LogP contribution in [0.2, 0.25) is 0 Å². The van der Waals surface area contributed by atoms with Crippen molar-refractivity contribution in [1.82, 2.24) is 0 Å². The van der Waals surface area contributed by atoms with Gasteiger partial charge in [0.15, 0.2) is 0 Å². The molecule has 0 amide bonds. The van der Waals surface area contributed by atoms with E-state index < -0.39 is 0 Å². The molecule has 0 aliphatic rings. The molecular formula is C6H7NO2S. The van der Waals surface area contributed by atoms with Crippen LogP contribution in [-0.4, -0.2) is 13.1 Å². The van der Waals surface area contributed by atoms with Gasteiger partial charge in [0, 0.05) is 0 Å². The maximum atomic E-state index is 10.8. The fraction of sp³-hybridized carbons (Fsp3) is 0.167. The number of thiophene rings is 1. The van der Waals surface area contributed by atoms with E-state index in [4.69, 9.17) is 5.73 Å². The molecule has 1 heterocycles. The van der Waals surface area contributed by atoms with E-state index in [-0.39, 0.29) is 5.97 Å². The number of hydrogen-bond acceptors (Lipinski definition) is 4. The van der Waals surface area contributed by atoms with Crippen LogP contribution in [0.15, 0.2) is 12.1 Å². The monoisotopic (exact) mass is 157 g/mol. The van der Waals surface area contributed by atoms with E-state index in [1.54, 1.807) is 12.1 Å². The Labute approximate surface area is 62.4 Å². The third kappa shape index (κ3) is 1.27. The summed E-state index contributed by atoms with van der Waals surface area (Å²) in [6, 6.07) is 3.32. The largest absolute Gasteiger partial charge is 0.465 e. The van der Waals surface area contributed by atoms with Gasteiger partial charge in [-0.3, -0.25) is 0 Å². The number of esters is 1. The van der Waals surface area contributed by atoms with Gasteiger partial charge >= 0.3 is 5.97 Å². The van der Waals surface area contributed by atoms with Gasteiger partial charge in [-0.2, -0.15) is 0 Å². The maximum Gasteiger partial charge on any atom is 0.348 e. The molecule has 0 unspecified atom stereocenters. The minimum Gasteiger partial charge on any atom is -0.465 e. The normalized spacial score (nSPS) is 9.30. The Morgan fingerprint density at radius 2 is 2.40 bits per heavy atom. The van der Waals surface area contributed by atoms with E-state index in [0.29, 0.717) is 9.88 Å². The predicted molar refractivity (Wildman–Crippen MR) is 40.1 cm³/mol. The Hall–Kier alpha value is -1.03. The molecule has 0 saturated carbocycles. The molecule has 3 nitrogen and oxygen atoms in total. The van der Waals surface area contributed by atoms with Crippen molar-refractivity contribution in [3.8, 4) is 0 Å². The Morgan fingerprint density at radius 1 is 1.70 bits per heavy atom. The summed E-state index contributed by atoms with van der Waals surface area (Å²) >= 11 is 1.22. The fourth-order valence-electron chi connectivity index (χ4n) is 0.563. The molecule has 0 fully saturated rings. The highest BCUT2D eigenvalue weighted by Crippen LogP contribution is 2.18. The predicted octanol–water partition coefficient (Wildman–Crippen LogP) is 1.12. The molecule has 1 aromatic rings. The molecule has 0 aliphatic carbocycles. The molecule has 0 bridgehead atoms. The topological polar surface area (TPSA) is 52.3 Å². The number of carbonyl (C=O) groups excluding carboxylic acids is 1. The Balaban J connectivity index is 2.85. The van der Waals surface area contributed by atoms with Crippen LogP contribution in [0.1, 0.15) is 9.67 Å². The first-order chi connectivity index (χ1) is 4.74. The number of carbonyl (C=O) groups is 1. The minimum atomic E-state index is -0.332. The van der Waals surface area contributed by atoms with Crippen molar-refractivity contribution < 1.29 is 9.53 Å². The van der Waals surface area contributed by atoms with E-state index in [9.17, 15) is 4.79 Å². The van der Waals surface area contributed by atoms with Crippen LogP contribution in [0.5, 0.6) is 0 Å². The van der Waals surface area contributed by atoms with E-state index in [2.05, 4.69) is 4.74 Å². The molecular weight excluding hydrogens is 150 g/mol. The summed E-state index contributed by atoms with van der Waals surface area (Å²) in [6.45, 7) is 0. The summed E-state index contributed by atoms with van der Waals surface area (Å²) in [5, 5.41) is 0.625. The average molecular weight is 157 g/mol. The van der Waals surface area contributed by atoms with Crippen LogP contribution in [-0.2, 0) is 4.74 Å². The molecule has 1 aromatic heterocycles. The summed E-state index contributed by atoms with van der Waals surface area (Å²) in [4.78, 5) is 11.3. The molecule has 0 spiro atoms. The van der Waals surface area contributed by atoms with Gasteiger partial charge in [-0.1, -0.05) is 0 Å². The number of rotatable bonds is 1. The van der Waals surface area contributed by atoms with Gasteiger partial charge in [0.2, 0.25) is 0 Å². The molecule has 4 heteroatoms. The van der Waals surface area contributed by atoms with Crippen LogP contribution in [0, 0.1) is 0 Å². The van der Waals surface area contributed by atoms with E-state index in [0.717, 1.165) is 0 Å². The number of ether oxygens (including phenoxy) is 1. The van der Waals surface area contributed by atoms with E-state index in [1.807, 2.05) is 0 Å². The minimum absolute atomic E-state index is 0.332. The first kappa shape index (κ1) is 7.08. The molecule has 0 aromatic carbocycles. The van der Waals surface area contributed by atoms with Crippen molar-refractivity contribution >= 4 is 22.3 Å². The zero-order valence-electron chi connectivity index (χ0n) is 5.46. The molecule has 0 radical (unpaired) electrons. The van der Waals surface area contributed by atoms with Gasteiger partial charge < -0.3 is 10.5 Å². The Morgan fingerprint density at radius 3 is 2.80 bits per heavy atom. The lowest BCUT2D eigenvalue weighted by Crippen LogP contribution is -1.96. The number of nitrogens with two attached hydrogens (primary N) is 1. The SMILES string of the molecule is COC(=O)c1ccc(N)s1. The summed E-state index contributed by atoms with van der Waals surface area (Å²) < 4.78 is 4.47. The number of hydrogen-bond donors (Lipinski definition) is 1. The van der Waals surface area contributed by atoms with Gasteiger partial charge in [-0.05, 0) is 12.1 Å². The second kappa shape index (κ2) is 2.70. The molecule has 2 N–H and O–H groups in total. The van der Waals surface area contributed by atoms with Gasteiger partial charge in [0.05, 0.1) is 12.1 Å². The second-order valence-corrected chi connectivity index (χ2v) is 2.81. The summed E-state index contributed by atoms with van der Waals surface area (Å²) in [5.74, 6) is -0.332. The molecule has 1 rings (SSSR count). The summed E-state index contributed by atoms with van der Waals surface area (Å²) in [6.07, 6.45) is 0. The average Bonchev–Trinajstić information content (AvgIpc) is 2.34. The van der Waals surface area contributed by atoms with Crippen LogP contribution in [0.25, 0.3) is 0 Å². The second-order valence-electron chi connectivity index (χ2n) is 1.69. The summed E-state index contributed by atoms with van der Waals surface area (Å²) in [5.41, 5.74) is 5.38. The Kier molecular flexibility index (Phi) is 1.91. The van der Waals surface area contributed by atoms with E-state index in [1.165, 1.54) is 18.4 Å². The lowest BCUT2D eigenvalue weighted by atomic mass is 10.5. The highest BCUT2D eigenvalue weighted by atomic mass is 32.1. The van der Waals surface area contributed by atoms with Crippen molar-refractivity contribution in [2.75, 3.05) is 12.8 Å². The van der Waals surface area contributed by atoms with Gasteiger partial charge in [-0.15, -0.1) is 11.3 Å². The number of nitrogen functional groups attached to an aromatic ring is 1. The third-order valence-corrected chi connectivity index (χ3v) is 1.91. The number of methoxy groups -OCH3 is 1. The van der Waals surface area contributed by atoms with Crippen LogP contribution in [0.3, 0.4) is 0 Å². The first-order valence-electron chi connectivity index (χ1n) is 2.67. The zero-order chi connectivity index (χ0) is 7.56. The smallest absolute Gasteiger partial charge is 0.348 e. The lowest BCUT2D eigenvalue weighted by molar-refractivity contribution is 0.0606. The standard InChI is InChI=1S/C6H7NO2S/c1-9-6(8)4-2-3-5(7)10-4/h2-3H,7H2,1H3. The molecule has 0 saturated heterocycles. The third-order valence-electron chi connectivity index (χ3n) is 1.01. The fourth-order valence-corrected chi connectivity index (χ4v) is 1.26. The van der Waals surface area contributed by atoms with Crippen LogP contribution >= 0.6 is 11.3 Å². The maximum absolute atomic E-state index is 10.8. The van der Waals surface area contributed by atoms with Gasteiger partial charge in [0.1, 0.15) is 4.88 Å². The van der Waals surface area contributed by atoms with Crippen molar-refractivity contribution in [3.63, 3.8) is 0 Å². The quantitative estimate of drug-likeness (QED) is 0.621. The first-order valence-corrected chi connectivity index (χ1v) is 3.49. The highest BCUT2D eigenvalue weighted by Gasteiger charge is 2.06. The van der Waals surface area contributed by atoms with Crippen LogP contribution in [0.4, 0.5) is 5.00 Å². The number of anilines is 1. The lowest BCUT2D eigenvalue weighted by Gasteiger charge is -1.90. The molecule has 10 heavy (non-hydrogen) atoms. The molecule has 0 aliphatic heterocycles. The highest BCUT2D eigenvalue weighted by molar-refractivity contribution is 7.17. The summed E-state index contributed by atoms with van der Waals surface area (Å²) in [7, 11) is 1.35. The van der Waals surface area contributed by atoms with Crippen molar-refractivity contribution in [2.45, 2.75) is 0 Å². The van der Waals surface area contributed by atoms with Gasteiger partial charge in [-0.25, -0.2) is 4.79 Å². The van der Waals surface area contributed by atoms with E-state index >= 15 is 0 Å². The van der Waals surface area contributed by atoms with Crippen molar-refractivity contribution in [1.29, 1.82) is 0 Å². The molecule has 0 atom stereocenters. The van der Waals surface area contributed by atoms with Gasteiger partial charge in [0.25, 0.3) is 0 Å². The van der Waals surface area contributed by atoms with Crippen molar-refractivity contribution in [2.24, 2.45) is 0 Å². The molecule has 54 valence electrons.